The van der Waals surface area contributed by atoms with Crippen LogP contribution < -0.4 is 0 Å². The van der Waals surface area contributed by atoms with Crippen molar-refractivity contribution in [2.24, 2.45) is 0 Å². The first-order valence-electron chi connectivity index (χ1n) is 12.5. The van der Waals surface area contributed by atoms with Gasteiger partial charge in [0, 0.05) is 23.0 Å². The summed E-state index contributed by atoms with van der Waals surface area (Å²) in [4.78, 5) is 23.9. The van der Waals surface area contributed by atoms with Crippen molar-refractivity contribution in [3.63, 3.8) is 0 Å². The van der Waals surface area contributed by atoms with Crippen LogP contribution in [-0.2, 0) is 12.0 Å². The molecule has 0 saturated heterocycles. The number of nitrogens with zero attached hydrogens (tertiary/aromatic N) is 1. The van der Waals surface area contributed by atoms with Gasteiger partial charge in [-0.3, -0.25) is 0 Å². The van der Waals surface area contributed by atoms with Crippen molar-refractivity contribution in [2.75, 3.05) is 0 Å². The van der Waals surface area contributed by atoms with E-state index in [-0.39, 0.29) is 16.7 Å². The summed E-state index contributed by atoms with van der Waals surface area (Å²) < 4.78 is 1.87. The average Bonchev–Trinajstić information content (AvgIpc) is 3.23. The Morgan fingerprint density at radius 1 is 0.711 bits per heavy atom. The van der Waals surface area contributed by atoms with E-state index in [4.69, 9.17) is 0 Å². The fourth-order valence-corrected chi connectivity index (χ4v) is 4.96. The molecule has 0 spiro atoms. The number of rotatable bonds is 6. The van der Waals surface area contributed by atoms with Gasteiger partial charge in [-0.2, -0.15) is 0 Å². The molecular weight excluding hydrogens is 474 g/mol. The first-order chi connectivity index (χ1) is 18.1. The fourth-order valence-electron chi connectivity index (χ4n) is 4.96. The van der Waals surface area contributed by atoms with Gasteiger partial charge in [0.05, 0.1) is 5.56 Å². The molecule has 0 bridgehead atoms. The van der Waals surface area contributed by atoms with Gasteiger partial charge in [0.25, 0.3) is 0 Å². The molecule has 0 unspecified atom stereocenters. The summed E-state index contributed by atoms with van der Waals surface area (Å²) in [5, 5.41) is 20.5. The smallest absolute Gasteiger partial charge is 0.353 e. The van der Waals surface area contributed by atoms with Crippen molar-refractivity contribution in [1.29, 1.82) is 0 Å². The molecule has 190 valence electrons. The Balaban J connectivity index is 1.60. The molecule has 0 aliphatic carbocycles. The van der Waals surface area contributed by atoms with E-state index in [0.29, 0.717) is 12.1 Å². The molecule has 5 heteroatoms. The van der Waals surface area contributed by atoms with E-state index in [1.807, 2.05) is 65.2 Å². The van der Waals surface area contributed by atoms with Crippen LogP contribution in [0, 0.1) is 0 Å². The maximum atomic E-state index is 12.7. The topological polar surface area (TPSA) is 79.5 Å². The zero-order valence-corrected chi connectivity index (χ0v) is 21.6. The van der Waals surface area contributed by atoms with Crippen molar-refractivity contribution >= 4 is 22.8 Å². The monoisotopic (exact) mass is 503 g/mol. The normalized spacial score (nSPS) is 11.6. The third-order valence-electron chi connectivity index (χ3n) is 6.95. The first-order valence-corrected chi connectivity index (χ1v) is 12.5. The number of carbonyl (C=O) groups is 2. The number of benzene rings is 4. The average molecular weight is 504 g/mol. The lowest BCUT2D eigenvalue weighted by Crippen LogP contribution is -2.11. The molecule has 1 aromatic heterocycles. The van der Waals surface area contributed by atoms with Crippen LogP contribution in [0.2, 0.25) is 0 Å². The van der Waals surface area contributed by atoms with E-state index in [1.165, 1.54) is 5.56 Å². The summed E-state index contributed by atoms with van der Waals surface area (Å²) in [5.74, 6) is -1.94. The van der Waals surface area contributed by atoms with Crippen LogP contribution in [0.5, 0.6) is 0 Å². The van der Waals surface area contributed by atoms with E-state index in [9.17, 15) is 19.8 Å². The number of aromatic carboxylic acids is 2. The minimum Gasteiger partial charge on any atom is -0.478 e. The molecule has 38 heavy (non-hydrogen) atoms. The molecule has 0 fully saturated rings. The molecule has 4 aromatic carbocycles. The van der Waals surface area contributed by atoms with Crippen LogP contribution in [0.25, 0.3) is 33.2 Å². The highest BCUT2D eigenvalue weighted by molar-refractivity contribution is 6.08. The summed E-state index contributed by atoms with van der Waals surface area (Å²) in [6, 6.07) is 30.6. The van der Waals surface area contributed by atoms with Crippen molar-refractivity contribution in [2.45, 2.75) is 32.7 Å². The van der Waals surface area contributed by atoms with E-state index < -0.39 is 11.9 Å². The van der Waals surface area contributed by atoms with Gasteiger partial charge in [-0.25, -0.2) is 9.59 Å². The molecule has 2 N–H and O–H groups in total. The molecule has 0 aliphatic rings. The van der Waals surface area contributed by atoms with E-state index in [2.05, 4.69) is 32.9 Å². The van der Waals surface area contributed by atoms with Crippen LogP contribution >= 0.6 is 0 Å². The first kappa shape index (κ1) is 25.0. The third kappa shape index (κ3) is 4.71. The maximum Gasteiger partial charge on any atom is 0.353 e. The van der Waals surface area contributed by atoms with Crippen LogP contribution in [-0.4, -0.2) is 26.7 Å². The molecule has 5 aromatic rings. The highest BCUT2D eigenvalue weighted by Gasteiger charge is 2.24. The Hall–Kier alpha value is -4.64. The Morgan fingerprint density at radius 3 is 2.00 bits per heavy atom. The number of aromatic nitrogens is 1. The SMILES string of the molecule is CC(C)(C)c1ccc(-c2c(C(=O)O)n(Cc3cccc(-c4ccc(C(=O)O)cc4)c3)c3ccccc23)cc1. The zero-order valence-electron chi connectivity index (χ0n) is 21.6. The maximum absolute atomic E-state index is 12.7. The fraction of sp³-hybridized carbons (Fsp3) is 0.152. The lowest BCUT2D eigenvalue weighted by Gasteiger charge is -2.19. The Kier molecular flexibility index (Phi) is 6.37. The molecule has 5 nitrogen and oxygen atoms in total. The summed E-state index contributed by atoms with van der Waals surface area (Å²) in [6.45, 7) is 6.85. The minimum atomic E-state index is -0.975. The summed E-state index contributed by atoms with van der Waals surface area (Å²) in [7, 11) is 0. The van der Waals surface area contributed by atoms with Crippen LogP contribution in [0.15, 0.2) is 97.1 Å². The number of fused-ring (bicyclic) bond motifs is 1. The van der Waals surface area contributed by atoms with Crippen molar-refractivity contribution in [1.82, 2.24) is 4.57 Å². The number of hydrogen-bond acceptors (Lipinski definition) is 2. The van der Waals surface area contributed by atoms with Crippen LogP contribution in [0.3, 0.4) is 0 Å². The standard InChI is InChI=1S/C33H29NO4/c1-33(2,3)26-17-15-23(16-18-26)29-27-9-4-5-10-28(27)34(30(29)32(37)38)20-21-7-6-8-25(19-21)22-11-13-24(14-12-22)31(35)36/h4-19H,20H2,1-3H3,(H,35,36)(H,37,38). The van der Waals surface area contributed by atoms with E-state index in [1.54, 1.807) is 24.3 Å². The molecular formula is C33H29NO4. The van der Waals surface area contributed by atoms with Crippen molar-refractivity contribution < 1.29 is 19.8 Å². The highest BCUT2D eigenvalue weighted by atomic mass is 16.4. The molecule has 0 aliphatic heterocycles. The van der Waals surface area contributed by atoms with Crippen LogP contribution in [0.4, 0.5) is 0 Å². The largest absolute Gasteiger partial charge is 0.478 e. The third-order valence-corrected chi connectivity index (χ3v) is 6.95. The molecule has 0 amide bonds. The predicted octanol–water partition coefficient (Wildman–Crippen LogP) is 7.72. The van der Waals surface area contributed by atoms with Gasteiger partial charge in [0.1, 0.15) is 5.69 Å². The Bertz CT molecular complexity index is 1650. The quantitative estimate of drug-likeness (QED) is 0.249. The second kappa shape index (κ2) is 9.67. The Morgan fingerprint density at radius 2 is 1.37 bits per heavy atom. The minimum absolute atomic E-state index is 0.00111. The molecule has 0 atom stereocenters. The lowest BCUT2D eigenvalue weighted by molar-refractivity contribution is 0.0680. The van der Waals surface area contributed by atoms with Gasteiger partial charge in [-0.05, 0) is 57.5 Å². The van der Waals surface area contributed by atoms with Gasteiger partial charge in [0.15, 0.2) is 0 Å². The van der Waals surface area contributed by atoms with E-state index in [0.717, 1.165) is 33.2 Å². The molecule has 0 saturated carbocycles. The lowest BCUT2D eigenvalue weighted by atomic mass is 9.86. The van der Waals surface area contributed by atoms with Gasteiger partial charge in [0.2, 0.25) is 0 Å². The second-order valence-electron chi connectivity index (χ2n) is 10.5. The summed E-state index contributed by atoms with van der Waals surface area (Å²) in [6.07, 6.45) is 0. The zero-order chi connectivity index (χ0) is 27.0. The van der Waals surface area contributed by atoms with Crippen molar-refractivity contribution in [3.05, 3.63) is 119 Å². The van der Waals surface area contributed by atoms with Crippen molar-refractivity contribution in [3.8, 4) is 22.3 Å². The Labute approximate surface area is 221 Å². The molecule has 1 heterocycles. The van der Waals surface area contributed by atoms with Gasteiger partial charge in [-0.1, -0.05) is 93.6 Å². The van der Waals surface area contributed by atoms with E-state index >= 15 is 0 Å². The number of carboxylic acid groups (broad SMARTS) is 2. The highest BCUT2D eigenvalue weighted by Crippen LogP contribution is 2.37. The summed E-state index contributed by atoms with van der Waals surface area (Å²) in [5.41, 5.74) is 6.91. The number of hydrogen-bond donors (Lipinski definition) is 2. The molecule has 0 radical (unpaired) electrons. The number of carboxylic acids is 2. The number of para-hydroxylation sites is 1. The van der Waals surface area contributed by atoms with Gasteiger partial charge < -0.3 is 14.8 Å². The second-order valence-corrected chi connectivity index (χ2v) is 10.5. The summed E-state index contributed by atoms with van der Waals surface area (Å²) >= 11 is 0. The predicted molar refractivity (Wildman–Crippen MR) is 151 cm³/mol. The van der Waals surface area contributed by atoms with Crippen LogP contribution in [0.1, 0.15) is 52.7 Å². The molecule has 5 rings (SSSR count). The van der Waals surface area contributed by atoms with Gasteiger partial charge in [-0.15, -0.1) is 0 Å². The van der Waals surface area contributed by atoms with Gasteiger partial charge >= 0.3 is 11.9 Å².